The van der Waals surface area contributed by atoms with Crippen molar-refractivity contribution in [3.63, 3.8) is 0 Å². The first-order valence-electron chi connectivity index (χ1n) is 9.97. The second-order valence-corrected chi connectivity index (χ2v) is 8.10. The van der Waals surface area contributed by atoms with Crippen LogP contribution in [0.1, 0.15) is 0 Å². The number of anilines is 4. The average molecular weight is 465 g/mol. The molecule has 0 atom stereocenters. The number of amides is 2. The number of nitrogens with two attached hydrogens (primary N) is 2. The van der Waals surface area contributed by atoms with Gasteiger partial charge in [0.15, 0.2) is 6.54 Å². The third kappa shape index (κ3) is 6.31. The molecule has 0 spiro atoms. The van der Waals surface area contributed by atoms with Crippen LogP contribution in [0.2, 0.25) is 0 Å². The number of carbonyl (C=O) groups is 2. The van der Waals surface area contributed by atoms with Gasteiger partial charge in [0.2, 0.25) is 0 Å². The molecule has 11 heteroatoms. The van der Waals surface area contributed by atoms with E-state index in [4.69, 9.17) is 11.5 Å². The van der Waals surface area contributed by atoms with Gasteiger partial charge in [-0.2, -0.15) is 10.1 Å². The zero-order chi connectivity index (χ0) is 22.6. The van der Waals surface area contributed by atoms with Crippen LogP contribution in [0.4, 0.5) is 22.7 Å². The minimum absolute atomic E-state index is 0. The normalized spacial score (nSPS) is 15.5. The van der Waals surface area contributed by atoms with Gasteiger partial charge >= 0.3 is 5.91 Å². The van der Waals surface area contributed by atoms with Gasteiger partial charge in [-0.05, 0) is 48.5 Å². The first kappa shape index (κ1) is 25.4. The van der Waals surface area contributed by atoms with Crippen molar-refractivity contribution in [3.8, 4) is 0 Å². The second kappa shape index (κ2) is 10.6. The van der Waals surface area contributed by atoms with Gasteiger partial charge in [0, 0.05) is 24.5 Å². The van der Waals surface area contributed by atoms with Gasteiger partial charge in [-0.3, -0.25) is 24.9 Å². The molecule has 3 rings (SSSR count). The van der Waals surface area contributed by atoms with Gasteiger partial charge in [0.1, 0.15) is 0 Å². The van der Waals surface area contributed by atoms with E-state index in [0.29, 0.717) is 63.5 Å². The number of hydrogen-bond donors (Lipinski definition) is 4. The summed E-state index contributed by atoms with van der Waals surface area (Å²) in [6, 6.07) is 12.8. The molecule has 0 unspecified atom stereocenters. The number of likely N-dealkylation sites (N-methyl/N-ethyl adjacent to an activating group) is 1. The van der Waals surface area contributed by atoms with E-state index in [1.807, 2.05) is 11.9 Å². The lowest BCUT2D eigenvalue weighted by atomic mass is 10.2. The zero-order valence-corrected chi connectivity index (χ0v) is 18.6. The molecule has 2 aromatic carbocycles. The predicted molar refractivity (Wildman–Crippen MR) is 117 cm³/mol. The van der Waals surface area contributed by atoms with Gasteiger partial charge in [0.25, 0.3) is 5.91 Å². The molecule has 0 bridgehead atoms. The van der Waals surface area contributed by atoms with E-state index in [9.17, 15) is 20.0 Å². The predicted octanol–water partition coefficient (Wildman–Crippen LogP) is -2.24. The summed E-state index contributed by atoms with van der Waals surface area (Å²) in [4.78, 5) is 26.9. The van der Waals surface area contributed by atoms with Crippen molar-refractivity contribution in [1.82, 2.24) is 4.90 Å². The van der Waals surface area contributed by atoms with Crippen LogP contribution in [0, 0.1) is 0 Å². The molecule has 0 aliphatic carbocycles. The lowest BCUT2D eigenvalue weighted by molar-refractivity contribution is -0.906. The average Bonchev–Trinajstić information content (AvgIpc) is 2.75. The summed E-state index contributed by atoms with van der Waals surface area (Å²) >= 11 is 0. The fourth-order valence-corrected chi connectivity index (χ4v) is 3.48. The summed E-state index contributed by atoms with van der Waals surface area (Å²) in [5.74, 6) is -0.858. The molecule has 1 heterocycles. The smallest absolute Gasteiger partial charge is 0.305 e. The fraction of sp³-hybridized carbons (Fsp3) is 0.333. The highest BCUT2D eigenvalue weighted by Gasteiger charge is 2.34. The van der Waals surface area contributed by atoms with Crippen LogP contribution >= 0.6 is 0 Å². The van der Waals surface area contributed by atoms with Gasteiger partial charge in [0.05, 0.1) is 38.1 Å². The summed E-state index contributed by atoms with van der Waals surface area (Å²) in [5, 5.41) is 21.6. The molecule has 174 valence electrons. The Bertz CT molecular complexity index is 917. The van der Waals surface area contributed by atoms with E-state index in [1.165, 1.54) is 0 Å². The number of benzene rings is 2. The van der Waals surface area contributed by atoms with Crippen LogP contribution in [-0.4, -0.2) is 77.9 Å². The number of nitrogens with zero attached hydrogens (tertiary/aromatic N) is 4. The summed E-state index contributed by atoms with van der Waals surface area (Å²) in [6.45, 7) is 2.60. The maximum absolute atomic E-state index is 12.5. The number of halogens is 1. The van der Waals surface area contributed by atoms with E-state index >= 15 is 0 Å². The van der Waals surface area contributed by atoms with Gasteiger partial charge in [-0.15, -0.1) is 0 Å². The highest BCUT2D eigenvalue weighted by molar-refractivity contribution is 5.93. The summed E-state index contributed by atoms with van der Waals surface area (Å²) in [5.41, 5.74) is 13.1. The molecule has 1 aliphatic heterocycles. The summed E-state index contributed by atoms with van der Waals surface area (Å²) < 4.78 is 0.441. The minimum atomic E-state index is -0.443. The Kier molecular flexibility index (Phi) is 8.42. The number of quaternary nitrogens is 1. The monoisotopic (exact) mass is 464 g/mol. The molecule has 1 saturated heterocycles. The number of rotatable bonds is 6. The molecule has 1 aliphatic rings. The molecule has 0 radical (unpaired) electrons. The number of piperazine rings is 1. The van der Waals surface area contributed by atoms with E-state index < -0.39 is 11.8 Å². The second-order valence-electron chi connectivity index (χ2n) is 8.10. The van der Waals surface area contributed by atoms with Crippen molar-refractivity contribution >= 4 is 34.6 Å². The van der Waals surface area contributed by atoms with Gasteiger partial charge < -0.3 is 28.4 Å². The SMILES string of the molecule is C[N+]1(CC(=O)N(O)c2ccc(N)cc2)CCN(CC(=O)N(O)c2ccc(N)cc2)CC1.[Cl-]. The highest BCUT2D eigenvalue weighted by Crippen LogP contribution is 2.18. The van der Waals surface area contributed by atoms with Crippen molar-refractivity contribution in [1.29, 1.82) is 0 Å². The Morgan fingerprint density at radius 2 is 1.28 bits per heavy atom. The molecule has 0 aromatic heterocycles. The maximum atomic E-state index is 12.5. The minimum Gasteiger partial charge on any atom is -1.00 e. The van der Waals surface area contributed by atoms with Crippen molar-refractivity contribution in [2.45, 2.75) is 0 Å². The van der Waals surface area contributed by atoms with E-state index in [0.717, 1.165) is 0 Å². The third-order valence-corrected chi connectivity index (χ3v) is 5.54. The van der Waals surface area contributed by atoms with Crippen molar-refractivity contribution in [3.05, 3.63) is 48.5 Å². The summed E-state index contributed by atoms with van der Waals surface area (Å²) in [6.07, 6.45) is 0. The van der Waals surface area contributed by atoms with Crippen LogP contribution in [0.15, 0.2) is 48.5 Å². The van der Waals surface area contributed by atoms with Crippen LogP contribution in [0.25, 0.3) is 0 Å². The lowest BCUT2D eigenvalue weighted by Crippen LogP contribution is -3.00. The number of nitrogen functional groups attached to an aromatic ring is 2. The van der Waals surface area contributed by atoms with Crippen LogP contribution < -0.4 is 34.0 Å². The maximum Gasteiger partial charge on any atom is 0.305 e. The largest absolute Gasteiger partial charge is 1.00 e. The molecular weight excluding hydrogens is 436 g/mol. The lowest BCUT2D eigenvalue weighted by Gasteiger charge is -2.41. The van der Waals surface area contributed by atoms with Gasteiger partial charge in [-0.25, -0.2) is 0 Å². The first-order valence-corrected chi connectivity index (χ1v) is 9.97. The Balaban J connectivity index is 0.00000363. The molecule has 10 nitrogen and oxygen atoms in total. The molecule has 1 fully saturated rings. The van der Waals surface area contributed by atoms with Gasteiger partial charge in [-0.1, -0.05) is 0 Å². The molecule has 2 aromatic rings. The highest BCUT2D eigenvalue weighted by atomic mass is 35.5. The van der Waals surface area contributed by atoms with Crippen molar-refractivity contribution < 1.29 is 36.9 Å². The van der Waals surface area contributed by atoms with E-state index in [-0.39, 0.29) is 25.5 Å². The molecular formula is C21H29ClN6O4. The van der Waals surface area contributed by atoms with Crippen LogP contribution in [0.3, 0.4) is 0 Å². The molecule has 6 N–H and O–H groups in total. The van der Waals surface area contributed by atoms with Crippen LogP contribution in [0.5, 0.6) is 0 Å². The third-order valence-electron chi connectivity index (χ3n) is 5.54. The zero-order valence-electron chi connectivity index (χ0n) is 17.9. The summed E-state index contributed by atoms with van der Waals surface area (Å²) in [7, 11) is 1.95. The molecule has 32 heavy (non-hydrogen) atoms. The quantitative estimate of drug-likeness (QED) is 0.164. The standard InChI is InChI=1S/C21H29N6O4.ClH/c1-27(15-21(29)26(31)19-8-4-17(23)5-9-19)12-10-24(11-13-27)14-20(28)25(30)18-6-2-16(22)3-7-18;/h2-9,30-31H,10-15,22-23H2,1H3;1H/q+1;/p-1. The van der Waals surface area contributed by atoms with Crippen molar-refractivity contribution in [2.75, 3.05) is 67.9 Å². The first-order chi connectivity index (χ1) is 14.7. The Hall–Kier alpha value is -2.89. The number of hydroxylamine groups is 2. The van der Waals surface area contributed by atoms with Crippen LogP contribution in [-0.2, 0) is 9.59 Å². The molecule has 0 saturated carbocycles. The van der Waals surface area contributed by atoms with Crippen molar-refractivity contribution in [2.24, 2.45) is 0 Å². The Morgan fingerprint density at radius 1 is 0.875 bits per heavy atom. The topological polar surface area (TPSA) is 136 Å². The van der Waals surface area contributed by atoms with E-state index in [1.54, 1.807) is 48.5 Å². The number of hydrogen-bond acceptors (Lipinski definition) is 7. The van der Waals surface area contributed by atoms with E-state index in [2.05, 4.69) is 0 Å². The Labute approximate surface area is 193 Å². The number of carbonyl (C=O) groups excluding carboxylic acids is 2. The molecule has 2 amide bonds. The Morgan fingerprint density at radius 3 is 1.72 bits per heavy atom. The fourth-order valence-electron chi connectivity index (χ4n) is 3.48.